The van der Waals surface area contributed by atoms with E-state index < -0.39 is 0 Å². The van der Waals surface area contributed by atoms with Crippen molar-refractivity contribution >= 4 is 11.3 Å². The Morgan fingerprint density at radius 3 is 2.69 bits per heavy atom. The van der Waals surface area contributed by atoms with E-state index in [0.717, 1.165) is 22.6 Å². The molecule has 1 aromatic carbocycles. The minimum absolute atomic E-state index is 0.771. The van der Waals surface area contributed by atoms with Gasteiger partial charge in [-0.25, -0.2) is 4.98 Å². The molecule has 0 atom stereocenters. The van der Waals surface area contributed by atoms with E-state index in [4.69, 9.17) is 5.73 Å². The van der Waals surface area contributed by atoms with Gasteiger partial charge in [0.05, 0.1) is 11.9 Å². The standard InChI is InChI=1S/C13H11N3/c14-11-6-2-1-5-10(11)12-9-15-13-7-3-4-8-16(12)13/h1-9H,14H2. The number of hydrogen-bond acceptors (Lipinski definition) is 2. The maximum atomic E-state index is 5.96. The van der Waals surface area contributed by atoms with Crippen LogP contribution in [0.25, 0.3) is 16.9 Å². The first-order valence-electron chi connectivity index (χ1n) is 5.13. The smallest absolute Gasteiger partial charge is 0.137 e. The van der Waals surface area contributed by atoms with Gasteiger partial charge >= 0.3 is 0 Å². The monoisotopic (exact) mass is 209 g/mol. The van der Waals surface area contributed by atoms with Crippen LogP contribution >= 0.6 is 0 Å². The van der Waals surface area contributed by atoms with Crippen molar-refractivity contribution in [3.63, 3.8) is 0 Å². The zero-order chi connectivity index (χ0) is 11.0. The number of pyridine rings is 1. The molecule has 0 amide bonds. The lowest BCUT2D eigenvalue weighted by atomic mass is 10.1. The molecule has 0 aliphatic heterocycles. The van der Waals surface area contributed by atoms with E-state index in [0.29, 0.717) is 0 Å². The molecule has 0 saturated carbocycles. The quantitative estimate of drug-likeness (QED) is 0.626. The summed E-state index contributed by atoms with van der Waals surface area (Å²) in [6, 6.07) is 13.7. The van der Waals surface area contributed by atoms with Crippen molar-refractivity contribution in [2.75, 3.05) is 5.73 Å². The second-order valence-corrected chi connectivity index (χ2v) is 3.66. The molecule has 0 saturated heterocycles. The van der Waals surface area contributed by atoms with Gasteiger partial charge in [0.15, 0.2) is 0 Å². The number of hydrogen-bond donors (Lipinski definition) is 1. The number of fused-ring (bicyclic) bond motifs is 1. The van der Waals surface area contributed by atoms with Crippen molar-refractivity contribution in [2.24, 2.45) is 0 Å². The molecule has 2 aromatic heterocycles. The molecule has 2 N–H and O–H groups in total. The predicted molar refractivity (Wildman–Crippen MR) is 65.0 cm³/mol. The lowest BCUT2D eigenvalue weighted by molar-refractivity contribution is 1.19. The molecular weight excluding hydrogens is 198 g/mol. The van der Waals surface area contributed by atoms with E-state index in [1.54, 1.807) is 0 Å². The summed E-state index contributed by atoms with van der Waals surface area (Å²) in [6.07, 6.45) is 3.84. The summed E-state index contributed by atoms with van der Waals surface area (Å²) in [7, 11) is 0. The van der Waals surface area contributed by atoms with Gasteiger partial charge in [0, 0.05) is 17.4 Å². The first-order valence-corrected chi connectivity index (χ1v) is 5.13. The molecule has 3 heteroatoms. The third-order valence-corrected chi connectivity index (χ3v) is 2.65. The lowest BCUT2D eigenvalue weighted by Crippen LogP contribution is -1.92. The van der Waals surface area contributed by atoms with Crippen LogP contribution in [0.3, 0.4) is 0 Å². The number of nitrogens with two attached hydrogens (primary N) is 1. The molecule has 0 spiro atoms. The maximum Gasteiger partial charge on any atom is 0.137 e. The van der Waals surface area contributed by atoms with Gasteiger partial charge in [-0.1, -0.05) is 24.3 Å². The van der Waals surface area contributed by atoms with Crippen molar-refractivity contribution in [1.82, 2.24) is 9.38 Å². The Morgan fingerprint density at radius 1 is 1.00 bits per heavy atom. The summed E-state index contributed by atoms with van der Waals surface area (Å²) in [6.45, 7) is 0. The second-order valence-electron chi connectivity index (χ2n) is 3.66. The Kier molecular flexibility index (Phi) is 1.90. The van der Waals surface area contributed by atoms with Crippen LogP contribution in [0.15, 0.2) is 54.9 Å². The molecule has 2 heterocycles. The molecule has 3 nitrogen and oxygen atoms in total. The maximum absolute atomic E-state index is 5.96. The molecule has 0 radical (unpaired) electrons. The normalized spacial score (nSPS) is 10.8. The van der Waals surface area contributed by atoms with Gasteiger partial charge in [-0.2, -0.15) is 0 Å². The van der Waals surface area contributed by atoms with Gasteiger partial charge in [-0.05, 0) is 18.2 Å². The molecule has 3 aromatic rings. The summed E-state index contributed by atoms with van der Waals surface area (Å²) in [5.74, 6) is 0. The van der Waals surface area contributed by atoms with Crippen LogP contribution in [0.4, 0.5) is 5.69 Å². The summed E-state index contributed by atoms with van der Waals surface area (Å²) < 4.78 is 2.03. The van der Waals surface area contributed by atoms with Crippen molar-refractivity contribution in [2.45, 2.75) is 0 Å². The predicted octanol–water partition coefficient (Wildman–Crippen LogP) is 2.58. The molecular formula is C13H11N3. The number of rotatable bonds is 1. The van der Waals surface area contributed by atoms with Crippen molar-refractivity contribution < 1.29 is 0 Å². The molecule has 0 bridgehead atoms. The molecule has 0 aliphatic rings. The lowest BCUT2D eigenvalue weighted by Gasteiger charge is -2.04. The van der Waals surface area contributed by atoms with Crippen LogP contribution < -0.4 is 5.73 Å². The van der Waals surface area contributed by atoms with Crippen LogP contribution in [-0.4, -0.2) is 9.38 Å². The van der Waals surface area contributed by atoms with E-state index in [9.17, 15) is 0 Å². The van der Waals surface area contributed by atoms with Crippen LogP contribution in [0.1, 0.15) is 0 Å². The Labute approximate surface area is 93.2 Å². The average Bonchev–Trinajstić information content (AvgIpc) is 2.74. The number of imidazole rings is 1. The van der Waals surface area contributed by atoms with Crippen LogP contribution in [0.2, 0.25) is 0 Å². The molecule has 0 unspecified atom stereocenters. The van der Waals surface area contributed by atoms with E-state index >= 15 is 0 Å². The van der Waals surface area contributed by atoms with Crippen LogP contribution in [0.5, 0.6) is 0 Å². The number of aromatic nitrogens is 2. The molecule has 78 valence electrons. The largest absolute Gasteiger partial charge is 0.398 e. The third kappa shape index (κ3) is 1.26. The van der Waals surface area contributed by atoms with Crippen molar-refractivity contribution in [1.29, 1.82) is 0 Å². The Morgan fingerprint density at radius 2 is 1.81 bits per heavy atom. The molecule has 16 heavy (non-hydrogen) atoms. The number of para-hydroxylation sites is 1. The fourth-order valence-electron chi connectivity index (χ4n) is 1.86. The van der Waals surface area contributed by atoms with E-state index in [-0.39, 0.29) is 0 Å². The topological polar surface area (TPSA) is 43.3 Å². The minimum atomic E-state index is 0.771. The average molecular weight is 209 g/mol. The van der Waals surface area contributed by atoms with E-state index in [1.807, 2.05) is 59.3 Å². The van der Waals surface area contributed by atoms with Crippen molar-refractivity contribution in [3.05, 3.63) is 54.9 Å². The zero-order valence-electron chi connectivity index (χ0n) is 8.67. The first kappa shape index (κ1) is 8.97. The van der Waals surface area contributed by atoms with Gasteiger partial charge in [-0.15, -0.1) is 0 Å². The van der Waals surface area contributed by atoms with Gasteiger partial charge in [0.2, 0.25) is 0 Å². The molecule has 0 fully saturated rings. The highest BCUT2D eigenvalue weighted by Gasteiger charge is 2.06. The Hall–Kier alpha value is -2.29. The highest BCUT2D eigenvalue weighted by Crippen LogP contribution is 2.25. The van der Waals surface area contributed by atoms with E-state index in [1.165, 1.54) is 0 Å². The van der Waals surface area contributed by atoms with E-state index in [2.05, 4.69) is 4.98 Å². The summed E-state index contributed by atoms with van der Waals surface area (Å²) in [5.41, 5.74) is 9.70. The van der Waals surface area contributed by atoms with Crippen molar-refractivity contribution in [3.8, 4) is 11.3 Å². The Balaban J connectivity index is 2.31. The first-order chi connectivity index (χ1) is 7.86. The fourth-order valence-corrected chi connectivity index (χ4v) is 1.86. The van der Waals surface area contributed by atoms with Crippen LogP contribution in [0, 0.1) is 0 Å². The minimum Gasteiger partial charge on any atom is -0.398 e. The van der Waals surface area contributed by atoms with Gasteiger partial charge in [0.25, 0.3) is 0 Å². The third-order valence-electron chi connectivity index (χ3n) is 2.65. The highest BCUT2D eigenvalue weighted by atomic mass is 15.0. The number of anilines is 1. The van der Waals surface area contributed by atoms with Gasteiger partial charge < -0.3 is 5.73 Å². The zero-order valence-corrected chi connectivity index (χ0v) is 8.67. The molecule has 3 rings (SSSR count). The summed E-state index contributed by atoms with van der Waals surface area (Å²) >= 11 is 0. The van der Waals surface area contributed by atoms with Gasteiger partial charge in [0.1, 0.15) is 5.65 Å². The van der Waals surface area contributed by atoms with Gasteiger partial charge in [-0.3, -0.25) is 4.40 Å². The fraction of sp³-hybridized carbons (Fsp3) is 0. The second kappa shape index (κ2) is 3.38. The molecule has 0 aliphatic carbocycles. The number of nitrogen functional groups attached to an aromatic ring is 1. The van der Waals surface area contributed by atoms with Crippen LogP contribution in [-0.2, 0) is 0 Å². The summed E-state index contributed by atoms with van der Waals surface area (Å²) in [4.78, 5) is 4.34. The SMILES string of the molecule is Nc1ccccc1-c1cnc2ccccn12. The Bertz CT molecular complexity index is 640. The number of nitrogens with zero attached hydrogens (tertiary/aromatic N) is 2. The highest BCUT2D eigenvalue weighted by molar-refractivity contribution is 5.75. The summed E-state index contributed by atoms with van der Waals surface area (Å²) in [5, 5.41) is 0. The number of benzene rings is 1.